The molecule has 124 valence electrons. The Balaban J connectivity index is 2.27. The Morgan fingerprint density at radius 1 is 1.09 bits per heavy atom. The van der Waals surface area contributed by atoms with Crippen molar-refractivity contribution < 1.29 is 23.4 Å². The van der Waals surface area contributed by atoms with Crippen molar-refractivity contribution in [2.24, 2.45) is 0 Å². The van der Waals surface area contributed by atoms with Gasteiger partial charge in [-0.15, -0.1) is 0 Å². The molecule has 0 atom stereocenters. The lowest BCUT2D eigenvalue weighted by molar-refractivity contribution is 0.0751. The molecule has 1 aromatic heterocycles. The second kappa shape index (κ2) is 7.41. The fourth-order valence-electron chi connectivity index (χ4n) is 2.23. The first-order valence-corrected chi connectivity index (χ1v) is 7.59. The number of carbonyl (C=O) groups is 1. The number of carbonyl (C=O) groups excluding carboxylic acids is 1. The van der Waals surface area contributed by atoms with Crippen molar-refractivity contribution in [2.75, 3.05) is 28.4 Å². The first-order chi connectivity index (χ1) is 11.0. The van der Waals surface area contributed by atoms with Gasteiger partial charge in [-0.05, 0) is 40.2 Å². The van der Waals surface area contributed by atoms with E-state index in [9.17, 15) is 4.79 Å². The Bertz CT molecular complexity index is 698. The number of methoxy groups -OCH3 is 3. The van der Waals surface area contributed by atoms with Gasteiger partial charge < -0.3 is 23.5 Å². The van der Waals surface area contributed by atoms with Crippen molar-refractivity contribution in [3.63, 3.8) is 0 Å². The number of hydrogen-bond acceptors (Lipinski definition) is 5. The smallest absolute Gasteiger partial charge is 0.289 e. The summed E-state index contributed by atoms with van der Waals surface area (Å²) in [6.07, 6.45) is 0. The molecule has 0 unspecified atom stereocenters. The maximum absolute atomic E-state index is 12.4. The zero-order valence-corrected chi connectivity index (χ0v) is 15.0. The van der Waals surface area contributed by atoms with E-state index in [2.05, 4.69) is 15.9 Å². The maximum atomic E-state index is 12.4. The van der Waals surface area contributed by atoms with E-state index in [0.717, 1.165) is 5.56 Å². The molecule has 0 spiro atoms. The molecule has 0 aliphatic heterocycles. The molecule has 1 aromatic carbocycles. The SMILES string of the molecule is COc1ccc(CN(C)C(=O)c2ccc(Br)o2)c(OC)c1OC. The van der Waals surface area contributed by atoms with Crippen LogP contribution in [-0.4, -0.2) is 39.2 Å². The second-order valence-corrected chi connectivity index (χ2v) is 5.54. The van der Waals surface area contributed by atoms with Gasteiger partial charge in [-0.3, -0.25) is 4.79 Å². The lowest BCUT2D eigenvalue weighted by Crippen LogP contribution is -2.26. The van der Waals surface area contributed by atoms with Crippen LogP contribution in [0.3, 0.4) is 0 Å². The van der Waals surface area contributed by atoms with Crippen molar-refractivity contribution in [2.45, 2.75) is 6.54 Å². The number of ether oxygens (including phenoxy) is 3. The van der Waals surface area contributed by atoms with Crippen LogP contribution in [0.4, 0.5) is 0 Å². The standard InChI is InChI=1S/C16H18BrNO5/c1-18(16(19)12-7-8-13(17)23-12)9-10-5-6-11(20-2)15(22-4)14(10)21-3/h5-8H,9H2,1-4H3. The number of nitrogens with zero attached hydrogens (tertiary/aromatic N) is 1. The second-order valence-electron chi connectivity index (χ2n) is 4.76. The molecule has 6 nitrogen and oxygen atoms in total. The van der Waals surface area contributed by atoms with Crippen LogP contribution in [0, 0.1) is 0 Å². The minimum absolute atomic E-state index is 0.229. The van der Waals surface area contributed by atoms with Gasteiger partial charge in [0.15, 0.2) is 21.9 Å². The van der Waals surface area contributed by atoms with Crippen LogP contribution in [0.2, 0.25) is 0 Å². The van der Waals surface area contributed by atoms with E-state index in [1.54, 1.807) is 46.6 Å². The molecule has 2 aromatic rings. The molecule has 0 aliphatic rings. The third-order valence-corrected chi connectivity index (χ3v) is 3.75. The zero-order valence-electron chi connectivity index (χ0n) is 13.4. The molecule has 0 N–H and O–H groups in total. The lowest BCUT2D eigenvalue weighted by atomic mass is 10.1. The van der Waals surface area contributed by atoms with E-state index in [1.165, 1.54) is 4.90 Å². The number of halogens is 1. The minimum atomic E-state index is -0.229. The Hall–Kier alpha value is -2.15. The third kappa shape index (κ3) is 3.61. The number of benzene rings is 1. The molecule has 1 amide bonds. The van der Waals surface area contributed by atoms with Gasteiger partial charge >= 0.3 is 0 Å². The average molecular weight is 384 g/mol. The van der Waals surface area contributed by atoms with Crippen molar-refractivity contribution in [1.29, 1.82) is 0 Å². The Morgan fingerprint density at radius 3 is 2.30 bits per heavy atom. The van der Waals surface area contributed by atoms with Gasteiger partial charge in [0.25, 0.3) is 5.91 Å². The van der Waals surface area contributed by atoms with E-state index >= 15 is 0 Å². The molecule has 2 rings (SSSR count). The number of hydrogen-bond donors (Lipinski definition) is 0. The normalized spacial score (nSPS) is 10.3. The molecular formula is C16H18BrNO5. The van der Waals surface area contributed by atoms with E-state index < -0.39 is 0 Å². The van der Waals surface area contributed by atoms with Gasteiger partial charge in [0.2, 0.25) is 5.75 Å². The van der Waals surface area contributed by atoms with E-state index in [4.69, 9.17) is 18.6 Å². The maximum Gasteiger partial charge on any atom is 0.289 e. The number of rotatable bonds is 6. The first kappa shape index (κ1) is 17.2. The van der Waals surface area contributed by atoms with Crippen LogP contribution in [0.15, 0.2) is 33.4 Å². The fraction of sp³-hybridized carbons (Fsp3) is 0.312. The van der Waals surface area contributed by atoms with Crippen molar-refractivity contribution >= 4 is 21.8 Å². The molecule has 0 radical (unpaired) electrons. The molecular weight excluding hydrogens is 366 g/mol. The zero-order chi connectivity index (χ0) is 17.0. The number of amides is 1. The van der Waals surface area contributed by atoms with Crippen LogP contribution in [-0.2, 0) is 6.54 Å². The molecule has 0 fully saturated rings. The predicted molar refractivity (Wildman–Crippen MR) is 88.3 cm³/mol. The number of furan rings is 1. The Kier molecular flexibility index (Phi) is 5.54. The Morgan fingerprint density at radius 2 is 1.78 bits per heavy atom. The van der Waals surface area contributed by atoms with Crippen LogP contribution >= 0.6 is 15.9 Å². The van der Waals surface area contributed by atoms with Gasteiger partial charge in [-0.25, -0.2) is 0 Å². The summed E-state index contributed by atoms with van der Waals surface area (Å²) in [4.78, 5) is 13.9. The quantitative estimate of drug-likeness (QED) is 0.765. The first-order valence-electron chi connectivity index (χ1n) is 6.80. The van der Waals surface area contributed by atoms with E-state index in [0.29, 0.717) is 28.5 Å². The summed E-state index contributed by atoms with van der Waals surface area (Å²) in [5.41, 5.74) is 0.798. The lowest BCUT2D eigenvalue weighted by Gasteiger charge is -2.20. The largest absolute Gasteiger partial charge is 0.493 e. The highest BCUT2D eigenvalue weighted by molar-refractivity contribution is 9.10. The summed E-state index contributed by atoms with van der Waals surface area (Å²) >= 11 is 3.19. The van der Waals surface area contributed by atoms with Gasteiger partial charge in [-0.1, -0.05) is 0 Å². The Labute approximate surface area is 143 Å². The molecule has 1 heterocycles. The molecule has 0 saturated carbocycles. The summed E-state index contributed by atoms with van der Waals surface area (Å²) in [5, 5.41) is 0. The van der Waals surface area contributed by atoms with Gasteiger partial charge in [0.1, 0.15) is 0 Å². The van der Waals surface area contributed by atoms with Crippen molar-refractivity contribution in [1.82, 2.24) is 4.90 Å². The molecule has 0 aliphatic carbocycles. The monoisotopic (exact) mass is 383 g/mol. The molecule has 7 heteroatoms. The van der Waals surface area contributed by atoms with Crippen molar-refractivity contribution in [3.05, 3.63) is 40.3 Å². The van der Waals surface area contributed by atoms with Crippen LogP contribution in [0.5, 0.6) is 17.2 Å². The minimum Gasteiger partial charge on any atom is -0.493 e. The van der Waals surface area contributed by atoms with Crippen LogP contribution < -0.4 is 14.2 Å². The summed E-state index contributed by atoms with van der Waals surface area (Å²) < 4.78 is 21.8. The molecule has 0 bridgehead atoms. The van der Waals surface area contributed by atoms with E-state index in [-0.39, 0.29) is 11.7 Å². The summed E-state index contributed by atoms with van der Waals surface area (Å²) in [6, 6.07) is 6.91. The summed E-state index contributed by atoms with van der Waals surface area (Å²) in [6.45, 7) is 0.334. The summed E-state index contributed by atoms with van der Waals surface area (Å²) in [5.74, 6) is 1.63. The highest BCUT2D eigenvalue weighted by Crippen LogP contribution is 2.40. The fourth-order valence-corrected chi connectivity index (χ4v) is 2.54. The van der Waals surface area contributed by atoms with Gasteiger partial charge in [0.05, 0.1) is 21.3 Å². The third-order valence-electron chi connectivity index (χ3n) is 3.32. The van der Waals surface area contributed by atoms with Crippen LogP contribution in [0.25, 0.3) is 0 Å². The van der Waals surface area contributed by atoms with Crippen molar-refractivity contribution in [3.8, 4) is 17.2 Å². The molecule has 0 saturated heterocycles. The van der Waals surface area contributed by atoms with Crippen LogP contribution in [0.1, 0.15) is 16.1 Å². The topological polar surface area (TPSA) is 61.1 Å². The van der Waals surface area contributed by atoms with Gasteiger partial charge in [-0.2, -0.15) is 0 Å². The highest BCUT2D eigenvalue weighted by Gasteiger charge is 2.20. The van der Waals surface area contributed by atoms with E-state index in [1.807, 2.05) is 6.07 Å². The summed E-state index contributed by atoms with van der Waals surface area (Å²) in [7, 11) is 6.34. The average Bonchev–Trinajstić information content (AvgIpc) is 2.99. The molecule has 23 heavy (non-hydrogen) atoms. The predicted octanol–water partition coefficient (Wildman–Crippen LogP) is 3.34. The highest BCUT2D eigenvalue weighted by atomic mass is 79.9. The van der Waals surface area contributed by atoms with Gasteiger partial charge in [0, 0.05) is 19.2 Å².